The third-order valence-corrected chi connectivity index (χ3v) is 6.45. The van der Waals surface area contributed by atoms with Gasteiger partial charge in [0, 0.05) is 10.5 Å². The maximum Gasteiger partial charge on any atom is 0.228 e. The lowest BCUT2D eigenvalue weighted by Gasteiger charge is -2.27. The Bertz CT molecular complexity index is 542. The summed E-state index contributed by atoms with van der Waals surface area (Å²) in [7, 11) is 0. The number of hydrogen-bond donors (Lipinski definition) is 1. The molecule has 0 saturated heterocycles. The second-order valence-corrected chi connectivity index (χ2v) is 7.37. The first-order valence-corrected chi connectivity index (χ1v) is 8.19. The highest BCUT2D eigenvalue weighted by Gasteiger charge is 2.42. The standard InChI is InChI=1S/C16H18BrNO/c17-16(13-6-9-1-2-10(13)5-9)11-3-4-14-12(7-11)8-15(19)18-14/h3-4,7,9-10,13,16H,1-2,5-6,8H2,(H,18,19). The molecule has 2 fully saturated rings. The summed E-state index contributed by atoms with van der Waals surface area (Å²) in [4.78, 5) is 11.9. The van der Waals surface area contributed by atoms with E-state index >= 15 is 0 Å². The van der Waals surface area contributed by atoms with Crippen molar-refractivity contribution in [2.75, 3.05) is 5.32 Å². The fourth-order valence-corrected chi connectivity index (χ4v) is 5.25. The van der Waals surface area contributed by atoms with Crippen molar-refractivity contribution in [3.8, 4) is 0 Å². The molecule has 1 aromatic carbocycles. The molecule has 1 N–H and O–H groups in total. The zero-order valence-electron chi connectivity index (χ0n) is 10.9. The minimum absolute atomic E-state index is 0.123. The minimum Gasteiger partial charge on any atom is -0.326 e. The van der Waals surface area contributed by atoms with E-state index in [0.29, 0.717) is 11.2 Å². The molecule has 1 aromatic rings. The Labute approximate surface area is 122 Å². The Kier molecular flexibility index (Phi) is 2.73. The van der Waals surface area contributed by atoms with Crippen LogP contribution in [-0.2, 0) is 11.2 Å². The van der Waals surface area contributed by atoms with Crippen molar-refractivity contribution in [1.29, 1.82) is 0 Å². The van der Waals surface area contributed by atoms with E-state index in [1.54, 1.807) is 0 Å². The molecule has 4 unspecified atom stereocenters. The van der Waals surface area contributed by atoms with Gasteiger partial charge in [0.05, 0.1) is 6.42 Å². The summed E-state index contributed by atoms with van der Waals surface area (Å²) in [6, 6.07) is 6.46. The van der Waals surface area contributed by atoms with Crippen LogP contribution in [0.25, 0.3) is 0 Å². The number of alkyl halides is 1. The van der Waals surface area contributed by atoms with Crippen molar-refractivity contribution >= 4 is 27.5 Å². The predicted octanol–water partition coefficient (Wildman–Crippen LogP) is 4.05. The van der Waals surface area contributed by atoms with Gasteiger partial charge in [0.15, 0.2) is 0 Å². The number of rotatable bonds is 2. The molecule has 3 heteroatoms. The summed E-state index contributed by atoms with van der Waals surface area (Å²) in [5, 5.41) is 2.91. The molecule has 4 rings (SSSR count). The molecule has 1 aliphatic heterocycles. The van der Waals surface area contributed by atoms with E-state index in [1.807, 2.05) is 0 Å². The first-order chi connectivity index (χ1) is 9.20. The molecule has 2 bridgehead atoms. The Hall–Kier alpha value is -0.830. The van der Waals surface area contributed by atoms with Crippen LogP contribution in [0.3, 0.4) is 0 Å². The van der Waals surface area contributed by atoms with Gasteiger partial charge in [-0.25, -0.2) is 0 Å². The number of nitrogens with one attached hydrogen (secondary N) is 1. The fraction of sp³-hybridized carbons (Fsp3) is 0.562. The first kappa shape index (κ1) is 12.0. The third kappa shape index (κ3) is 1.94. The van der Waals surface area contributed by atoms with Crippen LogP contribution >= 0.6 is 15.9 Å². The van der Waals surface area contributed by atoms with E-state index in [0.717, 1.165) is 29.0 Å². The molecule has 19 heavy (non-hydrogen) atoms. The molecule has 2 nitrogen and oxygen atoms in total. The van der Waals surface area contributed by atoms with E-state index < -0.39 is 0 Å². The highest BCUT2D eigenvalue weighted by atomic mass is 79.9. The number of hydrogen-bond acceptors (Lipinski definition) is 1. The smallest absolute Gasteiger partial charge is 0.228 e. The Balaban J connectivity index is 1.59. The maximum atomic E-state index is 11.4. The average molecular weight is 320 g/mol. The van der Waals surface area contributed by atoms with Gasteiger partial charge in [-0.2, -0.15) is 0 Å². The Morgan fingerprint density at radius 1 is 1.26 bits per heavy atom. The molecule has 3 aliphatic rings. The van der Waals surface area contributed by atoms with Gasteiger partial charge >= 0.3 is 0 Å². The fourth-order valence-electron chi connectivity index (χ4n) is 4.32. The normalized spacial score (nSPS) is 33.3. The van der Waals surface area contributed by atoms with Crippen molar-refractivity contribution < 1.29 is 4.79 Å². The number of halogens is 1. The molecule has 4 atom stereocenters. The quantitative estimate of drug-likeness (QED) is 0.818. The van der Waals surface area contributed by atoms with Gasteiger partial charge in [0.2, 0.25) is 5.91 Å². The van der Waals surface area contributed by atoms with Gasteiger partial charge in [0.1, 0.15) is 0 Å². The van der Waals surface area contributed by atoms with Gasteiger partial charge in [-0.3, -0.25) is 4.79 Å². The van der Waals surface area contributed by atoms with Crippen molar-refractivity contribution in [3.63, 3.8) is 0 Å². The summed E-state index contributed by atoms with van der Waals surface area (Å²) >= 11 is 3.93. The lowest BCUT2D eigenvalue weighted by atomic mass is 9.84. The van der Waals surface area contributed by atoms with Crippen LogP contribution in [-0.4, -0.2) is 5.91 Å². The number of fused-ring (bicyclic) bond motifs is 3. The Morgan fingerprint density at radius 2 is 2.16 bits per heavy atom. The minimum atomic E-state index is 0.123. The van der Waals surface area contributed by atoms with Crippen LogP contribution in [0.4, 0.5) is 5.69 Å². The summed E-state index contributed by atoms with van der Waals surface area (Å²) in [6.07, 6.45) is 6.23. The molecule has 1 amide bonds. The van der Waals surface area contributed by atoms with E-state index in [-0.39, 0.29) is 5.91 Å². The average Bonchev–Trinajstić information content (AvgIpc) is 3.09. The van der Waals surface area contributed by atoms with Gasteiger partial charge in [-0.15, -0.1) is 0 Å². The topological polar surface area (TPSA) is 29.1 Å². The monoisotopic (exact) mass is 319 g/mol. The van der Waals surface area contributed by atoms with Crippen LogP contribution in [0.1, 0.15) is 41.6 Å². The summed E-state index contributed by atoms with van der Waals surface area (Å²) in [5.41, 5.74) is 3.52. The molecule has 2 aliphatic carbocycles. The molecule has 0 aromatic heterocycles. The zero-order chi connectivity index (χ0) is 13.0. The third-order valence-electron chi connectivity index (χ3n) is 5.24. The summed E-state index contributed by atoms with van der Waals surface area (Å²) in [6.45, 7) is 0. The second kappa shape index (κ2) is 4.34. The highest BCUT2D eigenvalue weighted by Crippen LogP contribution is 2.55. The number of anilines is 1. The molecular formula is C16H18BrNO. The maximum absolute atomic E-state index is 11.4. The van der Waals surface area contributed by atoms with Crippen molar-refractivity contribution in [2.45, 2.75) is 36.9 Å². The van der Waals surface area contributed by atoms with E-state index in [1.165, 1.54) is 31.2 Å². The van der Waals surface area contributed by atoms with Crippen LogP contribution in [0, 0.1) is 17.8 Å². The first-order valence-electron chi connectivity index (χ1n) is 7.27. The van der Waals surface area contributed by atoms with Crippen LogP contribution in [0.15, 0.2) is 18.2 Å². The number of carbonyl (C=O) groups is 1. The number of carbonyl (C=O) groups excluding carboxylic acids is 1. The van der Waals surface area contributed by atoms with E-state index in [4.69, 9.17) is 0 Å². The molecule has 2 saturated carbocycles. The molecular weight excluding hydrogens is 302 g/mol. The second-order valence-electron chi connectivity index (χ2n) is 6.38. The Morgan fingerprint density at radius 3 is 2.89 bits per heavy atom. The van der Waals surface area contributed by atoms with Gasteiger partial charge < -0.3 is 5.32 Å². The molecule has 0 radical (unpaired) electrons. The van der Waals surface area contributed by atoms with Gasteiger partial charge in [0.25, 0.3) is 0 Å². The molecule has 100 valence electrons. The number of amides is 1. The van der Waals surface area contributed by atoms with Gasteiger partial charge in [-0.1, -0.05) is 34.5 Å². The SMILES string of the molecule is O=C1Cc2cc(C(Br)C3CC4CCC3C4)ccc2N1. The lowest BCUT2D eigenvalue weighted by molar-refractivity contribution is -0.115. The van der Waals surface area contributed by atoms with Crippen molar-refractivity contribution in [1.82, 2.24) is 0 Å². The zero-order valence-corrected chi connectivity index (χ0v) is 12.4. The van der Waals surface area contributed by atoms with Crippen molar-refractivity contribution in [2.24, 2.45) is 17.8 Å². The van der Waals surface area contributed by atoms with E-state index in [9.17, 15) is 4.79 Å². The summed E-state index contributed by atoms with van der Waals surface area (Å²) < 4.78 is 0. The van der Waals surface area contributed by atoms with Crippen LogP contribution < -0.4 is 5.32 Å². The lowest BCUT2D eigenvalue weighted by Crippen LogP contribution is -2.15. The van der Waals surface area contributed by atoms with Crippen LogP contribution in [0.5, 0.6) is 0 Å². The number of benzene rings is 1. The molecule has 0 spiro atoms. The van der Waals surface area contributed by atoms with Crippen LogP contribution in [0.2, 0.25) is 0 Å². The van der Waals surface area contributed by atoms with Crippen molar-refractivity contribution in [3.05, 3.63) is 29.3 Å². The largest absolute Gasteiger partial charge is 0.326 e. The highest BCUT2D eigenvalue weighted by molar-refractivity contribution is 9.09. The van der Waals surface area contributed by atoms with Gasteiger partial charge in [-0.05, 0) is 54.2 Å². The molecule has 1 heterocycles. The van der Waals surface area contributed by atoms with E-state index in [2.05, 4.69) is 39.4 Å². The summed E-state index contributed by atoms with van der Waals surface area (Å²) in [5.74, 6) is 2.81. The predicted molar refractivity (Wildman–Crippen MR) is 79.4 cm³/mol.